The van der Waals surface area contributed by atoms with E-state index in [-0.39, 0.29) is 30.6 Å². The van der Waals surface area contributed by atoms with Crippen molar-refractivity contribution in [2.75, 3.05) is 32.8 Å². The minimum atomic E-state index is -0.315. The van der Waals surface area contributed by atoms with Gasteiger partial charge in [-0.15, -0.1) is 24.8 Å². The molecule has 3 heterocycles. The summed E-state index contributed by atoms with van der Waals surface area (Å²) in [6, 6.07) is 29.4. The smallest absolute Gasteiger partial charge is 0.170 e. The van der Waals surface area contributed by atoms with E-state index in [4.69, 9.17) is 19.2 Å². The molecule has 2 aliphatic rings. The Labute approximate surface area is 236 Å². The number of piperidine rings is 1. The van der Waals surface area contributed by atoms with Gasteiger partial charge in [-0.05, 0) is 47.4 Å². The van der Waals surface area contributed by atoms with Crippen LogP contribution in [0.3, 0.4) is 0 Å². The van der Waals surface area contributed by atoms with Crippen LogP contribution in [0.2, 0.25) is 0 Å². The zero-order valence-electron chi connectivity index (χ0n) is 21.4. The van der Waals surface area contributed by atoms with Gasteiger partial charge in [0.1, 0.15) is 12.4 Å². The third kappa shape index (κ3) is 6.48. The highest BCUT2D eigenvalue weighted by Gasteiger charge is 2.39. The number of likely N-dealkylation sites (tertiary alicyclic amines) is 1. The number of halogens is 2. The lowest BCUT2D eigenvalue weighted by Crippen LogP contribution is -2.45. The molecule has 0 unspecified atom stereocenters. The summed E-state index contributed by atoms with van der Waals surface area (Å²) in [5.41, 5.74) is 5.71. The minimum Gasteiger partial charge on any atom is -0.487 e. The van der Waals surface area contributed by atoms with Crippen molar-refractivity contribution in [3.63, 3.8) is 0 Å². The topological polar surface area (TPSA) is 43.8 Å². The Morgan fingerprint density at radius 3 is 2.34 bits per heavy atom. The van der Waals surface area contributed by atoms with Gasteiger partial charge in [-0.2, -0.15) is 0 Å². The van der Waals surface area contributed by atoms with Crippen molar-refractivity contribution >= 4 is 35.7 Å². The van der Waals surface area contributed by atoms with E-state index >= 15 is 0 Å². The van der Waals surface area contributed by atoms with Gasteiger partial charge < -0.3 is 19.1 Å². The van der Waals surface area contributed by atoms with Gasteiger partial charge in [0.25, 0.3) is 0 Å². The van der Waals surface area contributed by atoms with Gasteiger partial charge in [-0.25, -0.2) is 4.98 Å². The normalized spacial score (nSPS) is 16.6. The number of hydrogen-bond donors (Lipinski definition) is 0. The van der Waals surface area contributed by atoms with Gasteiger partial charge in [-0.3, -0.25) is 0 Å². The van der Waals surface area contributed by atoms with Crippen LogP contribution in [0.5, 0.6) is 5.75 Å². The molecule has 0 N–H and O–H groups in total. The Morgan fingerprint density at radius 1 is 0.816 bits per heavy atom. The van der Waals surface area contributed by atoms with Gasteiger partial charge in [0, 0.05) is 37.9 Å². The Kier molecular flexibility index (Phi) is 9.64. The fraction of sp³-hybridized carbons (Fsp3) is 0.323. The second-order valence-electron chi connectivity index (χ2n) is 9.67. The van der Waals surface area contributed by atoms with Gasteiger partial charge in [0.2, 0.25) is 0 Å². The molecule has 38 heavy (non-hydrogen) atoms. The van der Waals surface area contributed by atoms with Crippen LogP contribution in [0.25, 0.3) is 22.0 Å². The van der Waals surface area contributed by atoms with Gasteiger partial charge in [-0.1, -0.05) is 60.7 Å². The lowest BCUT2D eigenvalue weighted by molar-refractivity contribution is -0.185. The van der Waals surface area contributed by atoms with Crippen molar-refractivity contribution in [3.8, 4) is 16.9 Å². The predicted octanol–water partition coefficient (Wildman–Crippen LogP) is 6.71. The highest BCUT2D eigenvalue weighted by Crippen LogP contribution is 2.32. The summed E-state index contributed by atoms with van der Waals surface area (Å²) in [5.74, 6) is 0.549. The van der Waals surface area contributed by atoms with Crippen molar-refractivity contribution in [1.29, 1.82) is 0 Å². The molecule has 4 aromatic rings. The summed E-state index contributed by atoms with van der Waals surface area (Å²) < 4.78 is 18.0. The second kappa shape index (κ2) is 12.9. The Balaban J connectivity index is 0.00000168. The molecule has 0 aliphatic carbocycles. The van der Waals surface area contributed by atoms with Crippen molar-refractivity contribution in [1.82, 2.24) is 9.88 Å². The van der Waals surface area contributed by atoms with Crippen molar-refractivity contribution in [2.45, 2.75) is 31.7 Å². The molecule has 1 spiro atoms. The maximum atomic E-state index is 6.21. The van der Waals surface area contributed by atoms with E-state index in [1.54, 1.807) is 0 Å². The average Bonchev–Trinajstić information content (AvgIpc) is 3.40. The molecule has 0 amide bonds. The standard InChI is InChI=1S/C31H32N2O3.2ClH/c1-2-6-24(7-3-1)29-22-28(34-23-27-12-10-26-8-4-5-9-30(26)32-27)13-11-25(29)14-17-33-18-15-31(16-19-33)35-20-21-36-31;;/h1-13,22H,14-21,23H2;2*1H. The third-order valence-electron chi connectivity index (χ3n) is 7.34. The number of nitrogens with zero attached hydrogens (tertiary/aromatic N) is 2. The van der Waals surface area contributed by atoms with E-state index < -0.39 is 0 Å². The van der Waals surface area contributed by atoms with Crippen LogP contribution in [0, 0.1) is 0 Å². The van der Waals surface area contributed by atoms with Crippen LogP contribution in [0.1, 0.15) is 24.1 Å². The number of hydrogen-bond acceptors (Lipinski definition) is 5. The number of benzene rings is 3. The number of aromatic nitrogens is 1. The predicted molar refractivity (Wildman–Crippen MR) is 156 cm³/mol. The Hall–Kier alpha value is -2.67. The van der Waals surface area contributed by atoms with Crippen LogP contribution in [0.4, 0.5) is 0 Å². The van der Waals surface area contributed by atoms with E-state index in [0.717, 1.165) is 74.5 Å². The van der Waals surface area contributed by atoms with Gasteiger partial charge in [0.05, 0.1) is 24.4 Å². The molecule has 2 aliphatic heterocycles. The second-order valence-corrected chi connectivity index (χ2v) is 9.67. The van der Waals surface area contributed by atoms with E-state index in [2.05, 4.69) is 65.6 Å². The molecule has 0 atom stereocenters. The summed E-state index contributed by atoms with van der Waals surface area (Å²) in [4.78, 5) is 7.28. The van der Waals surface area contributed by atoms with Crippen LogP contribution < -0.4 is 4.74 Å². The summed E-state index contributed by atoms with van der Waals surface area (Å²) in [6.45, 7) is 4.95. The summed E-state index contributed by atoms with van der Waals surface area (Å²) in [6.07, 6.45) is 2.90. The summed E-state index contributed by atoms with van der Waals surface area (Å²) in [5, 5.41) is 1.14. The minimum absolute atomic E-state index is 0. The SMILES string of the molecule is Cl.Cl.c1ccc(-c2cc(OCc3ccc4ccccc4n3)ccc2CCN2CCC3(CC2)OCCO3)cc1. The number of para-hydroxylation sites is 1. The highest BCUT2D eigenvalue weighted by molar-refractivity contribution is 5.85. The molecule has 6 rings (SSSR count). The molecule has 3 aromatic carbocycles. The lowest BCUT2D eigenvalue weighted by atomic mass is 9.96. The van der Waals surface area contributed by atoms with E-state index in [1.165, 1.54) is 16.7 Å². The molecule has 0 radical (unpaired) electrons. The van der Waals surface area contributed by atoms with E-state index in [0.29, 0.717) is 6.61 Å². The molecular formula is C31H34Cl2N2O3. The molecule has 2 fully saturated rings. The summed E-state index contributed by atoms with van der Waals surface area (Å²) >= 11 is 0. The third-order valence-corrected chi connectivity index (χ3v) is 7.34. The van der Waals surface area contributed by atoms with Crippen LogP contribution >= 0.6 is 24.8 Å². The molecule has 0 bridgehead atoms. The monoisotopic (exact) mass is 552 g/mol. The Bertz CT molecular complexity index is 1320. The van der Waals surface area contributed by atoms with Gasteiger partial charge >= 0.3 is 0 Å². The molecule has 2 saturated heterocycles. The molecule has 200 valence electrons. The number of rotatable bonds is 7. The van der Waals surface area contributed by atoms with E-state index in [1.807, 2.05) is 24.3 Å². The molecule has 0 saturated carbocycles. The number of ether oxygens (including phenoxy) is 3. The number of fused-ring (bicyclic) bond motifs is 1. The van der Waals surface area contributed by atoms with Crippen molar-refractivity contribution in [2.24, 2.45) is 0 Å². The van der Waals surface area contributed by atoms with Crippen molar-refractivity contribution in [3.05, 3.63) is 96.2 Å². The zero-order valence-corrected chi connectivity index (χ0v) is 23.0. The largest absolute Gasteiger partial charge is 0.487 e. The van der Waals surface area contributed by atoms with Crippen molar-refractivity contribution < 1.29 is 14.2 Å². The van der Waals surface area contributed by atoms with Crippen LogP contribution in [-0.4, -0.2) is 48.5 Å². The Morgan fingerprint density at radius 2 is 1.55 bits per heavy atom. The average molecular weight is 554 g/mol. The number of pyridine rings is 1. The maximum absolute atomic E-state index is 6.21. The molecule has 7 heteroatoms. The summed E-state index contributed by atoms with van der Waals surface area (Å²) in [7, 11) is 0. The first-order valence-corrected chi connectivity index (χ1v) is 12.9. The zero-order chi connectivity index (χ0) is 24.2. The van der Waals surface area contributed by atoms with E-state index in [9.17, 15) is 0 Å². The molecular weight excluding hydrogens is 519 g/mol. The fourth-order valence-corrected chi connectivity index (χ4v) is 5.28. The molecule has 1 aromatic heterocycles. The van der Waals surface area contributed by atoms with Crippen LogP contribution in [-0.2, 0) is 22.5 Å². The quantitative estimate of drug-likeness (QED) is 0.255. The maximum Gasteiger partial charge on any atom is 0.170 e. The van der Waals surface area contributed by atoms with Crippen LogP contribution in [0.15, 0.2) is 84.9 Å². The van der Waals surface area contributed by atoms with Gasteiger partial charge in [0.15, 0.2) is 5.79 Å². The first-order valence-electron chi connectivity index (χ1n) is 12.9. The highest BCUT2D eigenvalue weighted by atomic mass is 35.5. The first kappa shape index (κ1) is 28.3. The lowest BCUT2D eigenvalue weighted by Gasteiger charge is -2.37. The fourth-order valence-electron chi connectivity index (χ4n) is 5.28. The first-order chi connectivity index (χ1) is 17.8. The molecule has 5 nitrogen and oxygen atoms in total.